The van der Waals surface area contributed by atoms with Gasteiger partial charge in [0.15, 0.2) is 0 Å². The Kier molecular flexibility index (Phi) is 2.37. The normalized spacial score (nSPS) is 39.5. The van der Waals surface area contributed by atoms with Gasteiger partial charge in [0.2, 0.25) is 0 Å². The molecule has 2 nitrogen and oxygen atoms in total. The zero-order valence-electron chi connectivity index (χ0n) is 7.83. The molecular weight excluding hydrogens is 150 g/mol. The standard InChI is InChI=1S/C10H19NO/c1-7-5-9(6-12-7)10(11)8-3-2-4-8/h7-10H,2-6,11H2,1H3. The Labute approximate surface area is 74.5 Å². The molecule has 2 N–H and O–H groups in total. The summed E-state index contributed by atoms with van der Waals surface area (Å²) in [4.78, 5) is 0. The van der Waals surface area contributed by atoms with Gasteiger partial charge in [-0.3, -0.25) is 0 Å². The van der Waals surface area contributed by atoms with Gasteiger partial charge in [-0.25, -0.2) is 0 Å². The van der Waals surface area contributed by atoms with Crippen molar-refractivity contribution in [2.45, 2.75) is 44.8 Å². The van der Waals surface area contributed by atoms with Crippen molar-refractivity contribution in [3.8, 4) is 0 Å². The molecule has 0 radical (unpaired) electrons. The van der Waals surface area contributed by atoms with Crippen molar-refractivity contribution in [3.05, 3.63) is 0 Å². The molecule has 0 aromatic heterocycles. The molecule has 2 rings (SSSR count). The monoisotopic (exact) mass is 169 g/mol. The van der Waals surface area contributed by atoms with Crippen LogP contribution in [0.2, 0.25) is 0 Å². The molecule has 2 aliphatic rings. The summed E-state index contributed by atoms with van der Waals surface area (Å²) in [5.41, 5.74) is 6.17. The minimum atomic E-state index is 0.420. The van der Waals surface area contributed by atoms with Gasteiger partial charge in [-0.15, -0.1) is 0 Å². The van der Waals surface area contributed by atoms with E-state index in [9.17, 15) is 0 Å². The molecule has 1 aliphatic heterocycles. The second-order valence-electron chi connectivity index (χ2n) is 4.41. The van der Waals surface area contributed by atoms with Crippen LogP contribution in [0.1, 0.15) is 32.6 Å². The molecule has 70 valence electrons. The quantitative estimate of drug-likeness (QED) is 0.680. The van der Waals surface area contributed by atoms with Gasteiger partial charge in [0.1, 0.15) is 0 Å². The zero-order valence-corrected chi connectivity index (χ0v) is 7.83. The number of rotatable bonds is 2. The molecule has 0 aromatic carbocycles. The SMILES string of the molecule is CC1CC(C(N)C2CCC2)CO1. The molecule has 1 saturated carbocycles. The van der Waals surface area contributed by atoms with Crippen LogP contribution in [0.3, 0.4) is 0 Å². The second-order valence-corrected chi connectivity index (χ2v) is 4.41. The van der Waals surface area contributed by atoms with Crippen molar-refractivity contribution in [3.63, 3.8) is 0 Å². The van der Waals surface area contributed by atoms with Crippen LogP contribution in [0.5, 0.6) is 0 Å². The predicted octanol–water partition coefficient (Wildman–Crippen LogP) is 1.54. The summed E-state index contributed by atoms with van der Waals surface area (Å²) in [6.45, 7) is 3.05. The van der Waals surface area contributed by atoms with E-state index in [1.165, 1.54) is 25.7 Å². The van der Waals surface area contributed by atoms with Gasteiger partial charge in [-0.2, -0.15) is 0 Å². The largest absolute Gasteiger partial charge is 0.378 e. The fourth-order valence-electron chi connectivity index (χ4n) is 2.33. The molecule has 1 saturated heterocycles. The highest BCUT2D eigenvalue weighted by Gasteiger charge is 2.34. The third-order valence-corrected chi connectivity index (χ3v) is 3.47. The number of hydrogen-bond acceptors (Lipinski definition) is 2. The maximum absolute atomic E-state index is 6.17. The molecular formula is C10H19NO. The Hall–Kier alpha value is -0.0800. The summed E-state index contributed by atoms with van der Waals surface area (Å²) in [6.07, 6.45) is 5.72. The molecule has 12 heavy (non-hydrogen) atoms. The van der Waals surface area contributed by atoms with E-state index in [0.717, 1.165) is 12.5 Å². The average molecular weight is 169 g/mol. The van der Waals surface area contributed by atoms with Crippen LogP contribution < -0.4 is 5.73 Å². The van der Waals surface area contributed by atoms with Gasteiger partial charge in [0, 0.05) is 12.0 Å². The van der Waals surface area contributed by atoms with Crippen LogP contribution in [0.25, 0.3) is 0 Å². The van der Waals surface area contributed by atoms with Gasteiger partial charge < -0.3 is 10.5 Å². The maximum atomic E-state index is 6.17. The smallest absolute Gasteiger partial charge is 0.0551 e. The molecule has 3 unspecified atom stereocenters. The first kappa shape index (κ1) is 8.52. The summed E-state index contributed by atoms with van der Waals surface area (Å²) >= 11 is 0. The highest BCUT2D eigenvalue weighted by Crippen LogP contribution is 2.35. The van der Waals surface area contributed by atoms with Gasteiger partial charge in [0.05, 0.1) is 12.7 Å². The summed E-state index contributed by atoms with van der Waals surface area (Å²) in [5.74, 6) is 1.45. The minimum Gasteiger partial charge on any atom is -0.378 e. The van der Waals surface area contributed by atoms with Gasteiger partial charge >= 0.3 is 0 Å². The topological polar surface area (TPSA) is 35.2 Å². The lowest BCUT2D eigenvalue weighted by atomic mass is 9.75. The first-order chi connectivity index (χ1) is 5.77. The van der Waals surface area contributed by atoms with Crippen LogP contribution in [0.4, 0.5) is 0 Å². The van der Waals surface area contributed by atoms with E-state index in [4.69, 9.17) is 10.5 Å². The lowest BCUT2D eigenvalue weighted by Crippen LogP contribution is -2.41. The summed E-state index contributed by atoms with van der Waals surface area (Å²) in [6, 6.07) is 0.420. The lowest BCUT2D eigenvalue weighted by molar-refractivity contribution is 0.112. The van der Waals surface area contributed by atoms with Crippen molar-refractivity contribution in [1.82, 2.24) is 0 Å². The second kappa shape index (κ2) is 3.35. The van der Waals surface area contributed by atoms with Crippen LogP contribution in [-0.4, -0.2) is 18.8 Å². The maximum Gasteiger partial charge on any atom is 0.0551 e. The molecule has 0 bridgehead atoms. The van der Waals surface area contributed by atoms with E-state index >= 15 is 0 Å². The van der Waals surface area contributed by atoms with Crippen molar-refractivity contribution in [2.24, 2.45) is 17.6 Å². The number of ether oxygens (including phenoxy) is 1. The van der Waals surface area contributed by atoms with Gasteiger partial charge in [-0.1, -0.05) is 6.42 Å². The van der Waals surface area contributed by atoms with E-state index in [-0.39, 0.29) is 0 Å². The molecule has 2 fully saturated rings. The molecule has 0 amide bonds. The fraction of sp³-hybridized carbons (Fsp3) is 1.00. The average Bonchev–Trinajstić information content (AvgIpc) is 2.31. The minimum absolute atomic E-state index is 0.420. The predicted molar refractivity (Wildman–Crippen MR) is 48.8 cm³/mol. The summed E-state index contributed by atoms with van der Waals surface area (Å²) < 4.78 is 5.53. The molecule has 1 heterocycles. The molecule has 0 spiro atoms. The zero-order chi connectivity index (χ0) is 8.55. The third kappa shape index (κ3) is 1.50. The van der Waals surface area contributed by atoms with E-state index in [1.807, 2.05) is 0 Å². The fourth-order valence-corrected chi connectivity index (χ4v) is 2.33. The van der Waals surface area contributed by atoms with E-state index < -0.39 is 0 Å². The summed E-state index contributed by atoms with van der Waals surface area (Å²) in [5, 5.41) is 0. The van der Waals surface area contributed by atoms with Crippen LogP contribution in [0.15, 0.2) is 0 Å². The van der Waals surface area contributed by atoms with Gasteiger partial charge in [-0.05, 0) is 32.1 Å². The Morgan fingerprint density at radius 1 is 1.33 bits per heavy atom. The first-order valence-electron chi connectivity index (χ1n) is 5.14. The van der Waals surface area contributed by atoms with Gasteiger partial charge in [0.25, 0.3) is 0 Å². The Balaban J connectivity index is 1.83. The summed E-state index contributed by atoms with van der Waals surface area (Å²) in [7, 11) is 0. The number of nitrogens with two attached hydrogens (primary N) is 1. The number of hydrogen-bond donors (Lipinski definition) is 1. The Morgan fingerprint density at radius 2 is 2.08 bits per heavy atom. The van der Waals surface area contributed by atoms with Crippen molar-refractivity contribution < 1.29 is 4.74 Å². The van der Waals surface area contributed by atoms with Crippen LogP contribution in [0, 0.1) is 11.8 Å². The van der Waals surface area contributed by atoms with Crippen LogP contribution >= 0.6 is 0 Å². The molecule has 3 atom stereocenters. The Morgan fingerprint density at radius 3 is 2.50 bits per heavy atom. The molecule has 0 aromatic rings. The van der Waals surface area contributed by atoms with Crippen molar-refractivity contribution >= 4 is 0 Å². The lowest BCUT2D eigenvalue weighted by Gasteiger charge is -2.34. The third-order valence-electron chi connectivity index (χ3n) is 3.47. The molecule has 1 aliphatic carbocycles. The first-order valence-corrected chi connectivity index (χ1v) is 5.14. The Bertz CT molecular complexity index is 156. The van der Waals surface area contributed by atoms with Crippen LogP contribution in [-0.2, 0) is 4.74 Å². The molecule has 2 heteroatoms. The van der Waals surface area contributed by atoms with E-state index in [2.05, 4.69) is 6.92 Å². The van der Waals surface area contributed by atoms with E-state index in [1.54, 1.807) is 0 Å². The highest BCUT2D eigenvalue weighted by molar-refractivity contribution is 4.88. The van der Waals surface area contributed by atoms with E-state index in [0.29, 0.717) is 18.1 Å². The highest BCUT2D eigenvalue weighted by atomic mass is 16.5. The van der Waals surface area contributed by atoms with Crippen molar-refractivity contribution in [1.29, 1.82) is 0 Å². The van der Waals surface area contributed by atoms with Crippen molar-refractivity contribution in [2.75, 3.05) is 6.61 Å².